The first-order valence-electron chi connectivity index (χ1n) is 8.86. The normalized spacial score (nSPS) is 24.8. The Morgan fingerprint density at radius 1 is 1.14 bits per heavy atom. The van der Waals surface area contributed by atoms with Crippen LogP contribution in [0.4, 0.5) is 30.7 Å². The highest BCUT2D eigenvalue weighted by atomic mass is 19.4. The van der Waals surface area contributed by atoms with E-state index in [0.29, 0.717) is 25.0 Å². The van der Waals surface area contributed by atoms with E-state index in [4.69, 9.17) is 4.74 Å². The van der Waals surface area contributed by atoms with Crippen molar-refractivity contribution >= 4 is 5.91 Å². The Bertz CT molecular complexity index is 779. The molecule has 1 saturated heterocycles. The molecular formula is C18H18F7NO3. The predicted octanol–water partition coefficient (Wildman–Crippen LogP) is 3.83. The number of halogens is 7. The highest BCUT2D eigenvalue weighted by Crippen LogP contribution is 2.49. The number of carbonyl (C=O) groups excluding carboxylic acids is 1. The van der Waals surface area contributed by atoms with E-state index >= 15 is 0 Å². The van der Waals surface area contributed by atoms with Crippen molar-refractivity contribution in [3.8, 4) is 5.75 Å². The molecule has 162 valence electrons. The number of ether oxygens (including phenoxy) is 1. The molecule has 4 nitrogen and oxygen atoms in total. The predicted molar refractivity (Wildman–Crippen MR) is 86.0 cm³/mol. The maximum atomic E-state index is 13.8. The molecule has 0 bridgehead atoms. The van der Waals surface area contributed by atoms with Crippen LogP contribution in [0.2, 0.25) is 0 Å². The molecule has 1 fully saturated rings. The Morgan fingerprint density at radius 2 is 1.79 bits per heavy atom. The number of aliphatic hydroxyl groups excluding tert-OH is 1. The molecule has 2 atom stereocenters. The van der Waals surface area contributed by atoms with Gasteiger partial charge in [-0.15, -0.1) is 0 Å². The van der Waals surface area contributed by atoms with Crippen molar-refractivity contribution in [2.45, 2.75) is 49.1 Å². The first-order valence-corrected chi connectivity index (χ1v) is 8.86. The van der Waals surface area contributed by atoms with E-state index in [1.54, 1.807) is 0 Å². The fourth-order valence-electron chi connectivity index (χ4n) is 3.68. The summed E-state index contributed by atoms with van der Waals surface area (Å²) in [6.45, 7) is -2.94. The number of benzene rings is 1. The second-order valence-electron chi connectivity index (χ2n) is 7.19. The highest BCUT2D eigenvalue weighted by molar-refractivity contribution is 5.77. The molecule has 2 aliphatic rings. The summed E-state index contributed by atoms with van der Waals surface area (Å²) in [5.74, 6) is -6.08. The van der Waals surface area contributed by atoms with Crippen molar-refractivity contribution in [3.63, 3.8) is 0 Å². The van der Waals surface area contributed by atoms with E-state index in [-0.39, 0.29) is 24.3 Å². The lowest BCUT2D eigenvalue weighted by atomic mass is 9.82. The van der Waals surface area contributed by atoms with E-state index in [2.05, 4.69) is 0 Å². The third kappa shape index (κ3) is 3.43. The molecule has 0 aromatic heterocycles. The topological polar surface area (TPSA) is 49.8 Å². The van der Waals surface area contributed by atoms with Crippen LogP contribution in [0.1, 0.15) is 36.4 Å². The molecule has 1 amide bonds. The fourth-order valence-corrected chi connectivity index (χ4v) is 3.68. The Morgan fingerprint density at radius 3 is 2.34 bits per heavy atom. The smallest absolute Gasteiger partial charge is 0.458 e. The second-order valence-corrected chi connectivity index (χ2v) is 7.19. The summed E-state index contributed by atoms with van der Waals surface area (Å²) >= 11 is 0. The lowest BCUT2D eigenvalue weighted by Gasteiger charge is -2.48. The van der Waals surface area contributed by atoms with Crippen LogP contribution in [0.15, 0.2) is 18.2 Å². The van der Waals surface area contributed by atoms with Crippen molar-refractivity contribution in [1.29, 1.82) is 0 Å². The molecular weight excluding hydrogens is 411 g/mol. The number of fused-ring (bicyclic) bond motifs is 1. The largest absolute Gasteiger partial charge is 0.479 e. The van der Waals surface area contributed by atoms with Crippen molar-refractivity contribution in [3.05, 3.63) is 29.3 Å². The van der Waals surface area contributed by atoms with Gasteiger partial charge in [-0.1, -0.05) is 0 Å². The molecule has 2 heterocycles. The van der Waals surface area contributed by atoms with Gasteiger partial charge in [-0.2, -0.15) is 22.0 Å². The molecule has 1 aromatic rings. The molecule has 11 heteroatoms. The minimum Gasteiger partial charge on any atom is -0.479 e. The molecule has 0 unspecified atom stereocenters. The Labute approximate surface area is 161 Å². The Hall–Kier alpha value is -2.04. The van der Waals surface area contributed by atoms with Crippen LogP contribution in [0.3, 0.4) is 0 Å². The summed E-state index contributed by atoms with van der Waals surface area (Å²) in [5.41, 5.74) is -4.18. The zero-order valence-electron chi connectivity index (χ0n) is 15.0. The third-order valence-corrected chi connectivity index (χ3v) is 5.35. The molecule has 2 aliphatic heterocycles. The zero-order valence-corrected chi connectivity index (χ0v) is 15.0. The van der Waals surface area contributed by atoms with Gasteiger partial charge in [-0.05, 0) is 31.0 Å². The maximum Gasteiger partial charge on any atom is 0.458 e. The van der Waals surface area contributed by atoms with Gasteiger partial charge >= 0.3 is 12.1 Å². The SMILES string of the molecule is O=C1CCCCN1[C@@H]1c2cc(C(F)(F)C(F)(F)F)ccc2OC(CF)(CF)[C@H]1O. The lowest BCUT2D eigenvalue weighted by molar-refractivity contribution is -0.289. The number of aliphatic hydroxyl groups is 1. The molecule has 3 rings (SSSR count). The average molecular weight is 429 g/mol. The van der Waals surface area contributed by atoms with Gasteiger partial charge in [0.05, 0.1) is 6.04 Å². The summed E-state index contributed by atoms with van der Waals surface area (Å²) in [7, 11) is 0. The van der Waals surface area contributed by atoms with E-state index in [9.17, 15) is 40.6 Å². The van der Waals surface area contributed by atoms with E-state index < -0.39 is 54.7 Å². The maximum absolute atomic E-state index is 13.8. The van der Waals surface area contributed by atoms with Gasteiger partial charge in [0.1, 0.15) is 25.2 Å². The Balaban J connectivity index is 2.16. The van der Waals surface area contributed by atoms with Crippen LogP contribution in [0.5, 0.6) is 5.75 Å². The average Bonchev–Trinajstić information content (AvgIpc) is 2.67. The van der Waals surface area contributed by atoms with Crippen LogP contribution >= 0.6 is 0 Å². The van der Waals surface area contributed by atoms with Crippen molar-refractivity contribution in [1.82, 2.24) is 4.90 Å². The molecule has 0 radical (unpaired) electrons. The summed E-state index contributed by atoms with van der Waals surface area (Å²) in [4.78, 5) is 13.4. The van der Waals surface area contributed by atoms with Crippen molar-refractivity contribution in [2.75, 3.05) is 19.9 Å². The molecule has 1 N–H and O–H groups in total. The number of amides is 1. The minimum atomic E-state index is -5.88. The number of nitrogens with zero attached hydrogens (tertiary/aromatic N) is 1. The van der Waals surface area contributed by atoms with Crippen LogP contribution in [-0.4, -0.2) is 53.7 Å². The second kappa shape index (κ2) is 7.33. The number of hydrogen-bond acceptors (Lipinski definition) is 3. The van der Waals surface area contributed by atoms with Gasteiger partial charge in [-0.3, -0.25) is 4.79 Å². The van der Waals surface area contributed by atoms with E-state index in [0.717, 1.165) is 11.0 Å². The monoisotopic (exact) mass is 429 g/mol. The van der Waals surface area contributed by atoms with Gasteiger partial charge in [0.15, 0.2) is 5.60 Å². The van der Waals surface area contributed by atoms with Gasteiger partial charge in [0, 0.05) is 24.1 Å². The lowest BCUT2D eigenvalue weighted by Crippen LogP contribution is -2.61. The van der Waals surface area contributed by atoms with Crippen molar-refractivity contribution < 1.29 is 45.4 Å². The standard InChI is InChI=1S/C18H18F7NO3/c19-8-16(9-20)15(28)14(26-6-2-1-3-13(26)27)11-7-10(4-5-12(11)29-16)17(21,22)18(23,24)25/h4-5,7,14-15,28H,1-3,6,8-9H2/t14-,15+/m1/s1. The zero-order chi connectivity index (χ0) is 21.6. The molecule has 0 aliphatic carbocycles. The van der Waals surface area contributed by atoms with Gasteiger partial charge in [0.25, 0.3) is 0 Å². The first-order chi connectivity index (χ1) is 13.5. The van der Waals surface area contributed by atoms with Crippen LogP contribution in [-0.2, 0) is 10.7 Å². The molecule has 0 saturated carbocycles. The molecule has 29 heavy (non-hydrogen) atoms. The van der Waals surface area contributed by atoms with Crippen molar-refractivity contribution in [2.24, 2.45) is 0 Å². The number of alkyl halides is 7. The molecule has 1 aromatic carbocycles. The minimum absolute atomic E-state index is 0.0501. The number of rotatable bonds is 4. The van der Waals surface area contributed by atoms with E-state index in [1.807, 2.05) is 0 Å². The van der Waals surface area contributed by atoms with Crippen LogP contribution in [0, 0.1) is 0 Å². The first kappa shape index (κ1) is 21.7. The number of hydrogen-bond donors (Lipinski definition) is 1. The number of carbonyl (C=O) groups is 1. The van der Waals surface area contributed by atoms with Gasteiger partial charge < -0.3 is 14.7 Å². The van der Waals surface area contributed by atoms with E-state index in [1.165, 1.54) is 0 Å². The van der Waals surface area contributed by atoms with Crippen LogP contribution < -0.4 is 4.74 Å². The molecule has 0 spiro atoms. The summed E-state index contributed by atoms with van der Waals surface area (Å²) in [6, 6.07) is 0.138. The Kier molecular flexibility index (Phi) is 5.48. The van der Waals surface area contributed by atoms with Gasteiger partial charge in [-0.25, -0.2) is 8.78 Å². The third-order valence-electron chi connectivity index (χ3n) is 5.35. The number of likely N-dealkylation sites (tertiary alicyclic amines) is 1. The quantitative estimate of drug-likeness (QED) is 0.741. The summed E-state index contributed by atoms with van der Waals surface area (Å²) < 4.78 is 98.5. The van der Waals surface area contributed by atoms with Crippen LogP contribution in [0.25, 0.3) is 0 Å². The highest BCUT2D eigenvalue weighted by Gasteiger charge is 2.60. The summed E-state index contributed by atoms with van der Waals surface area (Å²) in [6.07, 6.45) is -6.85. The number of piperidine rings is 1. The summed E-state index contributed by atoms with van der Waals surface area (Å²) in [5, 5.41) is 10.6. The van der Waals surface area contributed by atoms with Gasteiger partial charge in [0.2, 0.25) is 5.91 Å². The fraction of sp³-hybridized carbons (Fsp3) is 0.611.